The molecule has 3 heterocycles. The van der Waals surface area contributed by atoms with Gasteiger partial charge in [-0.3, -0.25) is 0 Å². The molecule has 112 valence electrons. The van der Waals surface area contributed by atoms with Crippen LogP contribution in [0.15, 0.2) is 18.2 Å². The number of hydrogen-bond acceptors (Lipinski definition) is 4. The molecule has 2 aromatic heterocycles. The normalized spacial score (nSPS) is 15.8. The Morgan fingerprint density at radius 3 is 2.86 bits per heavy atom. The van der Waals surface area contributed by atoms with Gasteiger partial charge < -0.3 is 9.88 Å². The Balaban J connectivity index is 1.80. The van der Waals surface area contributed by atoms with Gasteiger partial charge in [0.2, 0.25) is 0 Å². The van der Waals surface area contributed by atoms with E-state index in [2.05, 4.69) is 20.5 Å². The molecule has 2 aromatic rings. The van der Waals surface area contributed by atoms with Crippen molar-refractivity contribution in [2.45, 2.75) is 38.5 Å². The van der Waals surface area contributed by atoms with E-state index in [9.17, 15) is 13.2 Å². The van der Waals surface area contributed by atoms with E-state index in [0.29, 0.717) is 0 Å². The molecule has 1 atom stereocenters. The van der Waals surface area contributed by atoms with E-state index in [1.54, 1.807) is 0 Å². The van der Waals surface area contributed by atoms with E-state index < -0.39 is 11.9 Å². The number of aryl methyl sites for hydroxylation is 1. The van der Waals surface area contributed by atoms with Crippen molar-refractivity contribution >= 4 is 5.82 Å². The third-order valence-electron chi connectivity index (χ3n) is 3.43. The van der Waals surface area contributed by atoms with Gasteiger partial charge in [-0.05, 0) is 25.5 Å². The van der Waals surface area contributed by atoms with Gasteiger partial charge in [-0.1, -0.05) is 6.07 Å². The zero-order chi connectivity index (χ0) is 15.0. The Morgan fingerprint density at radius 2 is 2.10 bits per heavy atom. The predicted octanol–water partition coefficient (Wildman–Crippen LogP) is 2.81. The van der Waals surface area contributed by atoms with Crippen LogP contribution in [0.5, 0.6) is 0 Å². The number of fused-ring (bicyclic) bond motifs is 1. The summed E-state index contributed by atoms with van der Waals surface area (Å²) in [6.07, 6.45) is -2.54. The van der Waals surface area contributed by atoms with Crippen molar-refractivity contribution in [1.29, 1.82) is 0 Å². The summed E-state index contributed by atoms with van der Waals surface area (Å²) in [5, 5.41) is 11.1. The first kappa shape index (κ1) is 13.8. The smallest absolute Gasteiger partial charge is 0.360 e. The Hall–Kier alpha value is -2.12. The number of alkyl halides is 3. The molecule has 21 heavy (non-hydrogen) atoms. The largest absolute Gasteiger partial charge is 0.433 e. The summed E-state index contributed by atoms with van der Waals surface area (Å²) in [4.78, 5) is 3.59. The highest BCUT2D eigenvalue weighted by Crippen LogP contribution is 2.29. The standard InChI is InChI=1S/C13H14F3N5/c1-8(12-20-19-11-6-3-7-21(11)12)17-10-5-2-4-9(18-10)13(14,15)16/h2,4-5,8H,3,6-7H2,1H3,(H,17,18). The summed E-state index contributed by atoms with van der Waals surface area (Å²) >= 11 is 0. The van der Waals surface area contributed by atoms with Crippen molar-refractivity contribution in [3.8, 4) is 0 Å². The van der Waals surface area contributed by atoms with Gasteiger partial charge in [-0.2, -0.15) is 13.2 Å². The number of hydrogen-bond donors (Lipinski definition) is 1. The minimum Gasteiger partial charge on any atom is -0.360 e. The zero-order valence-corrected chi connectivity index (χ0v) is 11.4. The Kier molecular flexibility index (Phi) is 3.30. The van der Waals surface area contributed by atoms with Crippen molar-refractivity contribution in [3.05, 3.63) is 35.5 Å². The number of pyridine rings is 1. The van der Waals surface area contributed by atoms with E-state index in [4.69, 9.17) is 0 Å². The van der Waals surface area contributed by atoms with Crippen LogP contribution in [-0.4, -0.2) is 19.7 Å². The summed E-state index contributed by atoms with van der Waals surface area (Å²) in [5.74, 6) is 1.82. The van der Waals surface area contributed by atoms with Crippen LogP contribution in [0.25, 0.3) is 0 Å². The third kappa shape index (κ3) is 2.70. The van der Waals surface area contributed by atoms with E-state index >= 15 is 0 Å². The molecule has 0 aliphatic carbocycles. The first-order valence-corrected chi connectivity index (χ1v) is 6.68. The lowest BCUT2D eigenvalue weighted by Crippen LogP contribution is -2.15. The maximum atomic E-state index is 12.6. The maximum Gasteiger partial charge on any atom is 0.433 e. The molecular formula is C13H14F3N5. The lowest BCUT2D eigenvalue weighted by atomic mass is 10.3. The van der Waals surface area contributed by atoms with Crippen LogP contribution in [0.3, 0.4) is 0 Å². The lowest BCUT2D eigenvalue weighted by Gasteiger charge is -2.15. The molecule has 0 bridgehead atoms. The van der Waals surface area contributed by atoms with Crippen molar-refractivity contribution in [3.63, 3.8) is 0 Å². The topological polar surface area (TPSA) is 55.6 Å². The van der Waals surface area contributed by atoms with Crippen LogP contribution in [0.1, 0.15) is 36.7 Å². The van der Waals surface area contributed by atoms with Crippen LogP contribution in [0.4, 0.5) is 19.0 Å². The van der Waals surface area contributed by atoms with Gasteiger partial charge in [0.05, 0.1) is 6.04 Å². The fraction of sp³-hybridized carbons (Fsp3) is 0.462. The van der Waals surface area contributed by atoms with Crippen LogP contribution < -0.4 is 5.32 Å². The zero-order valence-electron chi connectivity index (χ0n) is 11.4. The summed E-state index contributed by atoms with van der Waals surface area (Å²) in [7, 11) is 0. The molecule has 0 aromatic carbocycles. The average molecular weight is 297 g/mol. The summed E-state index contributed by atoms with van der Waals surface area (Å²) < 4.78 is 39.9. The van der Waals surface area contributed by atoms with Gasteiger partial charge in [0.15, 0.2) is 5.82 Å². The molecule has 0 amide bonds. The highest BCUT2D eigenvalue weighted by molar-refractivity contribution is 5.37. The molecule has 0 fully saturated rings. The summed E-state index contributed by atoms with van der Waals surface area (Å²) in [6, 6.07) is 3.52. The lowest BCUT2D eigenvalue weighted by molar-refractivity contribution is -0.141. The molecule has 0 saturated heterocycles. The Bertz CT molecular complexity index is 649. The van der Waals surface area contributed by atoms with E-state index in [1.807, 2.05) is 11.5 Å². The molecule has 8 heteroatoms. The second-order valence-corrected chi connectivity index (χ2v) is 5.00. The van der Waals surface area contributed by atoms with Crippen molar-refractivity contribution in [1.82, 2.24) is 19.7 Å². The predicted molar refractivity (Wildman–Crippen MR) is 69.6 cm³/mol. The SMILES string of the molecule is CC(Nc1cccc(C(F)(F)F)n1)c1nnc2n1CCC2. The molecule has 0 radical (unpaired) electrons. The minimum absolute atomic E-state index is 0.174. The van der Waals surface area contributed by atoms with Crippen LogP contribution in [0, 0.1) is 0 Å². The maximum absolute atomic E-state index is 12.6. The number of aromatic nitrogens is 4. The Labute approximate surface area is 119 Å². The monoisotopic (exact) mass is 297 g/mol. The van der Waals surface area contributed by atoms with Gasteiger partial charge in [-0.25, -0.2) is 4.98 Å². The van der Waals surface area contributed by atoms with Crippen LogP contribution in [0.2, 0.25) is 0 Å². The Morgan fingerprint density at radius 1 is 1.29 bits per heavy atom. The van der Waals surface area contributed by atoms with Crippen LogP contribution >= 0.6 is 0 Å². The van der Waals surface area contributed by atoms with Gasteiger partial charge >= 0.3 is 6.18 Å². The van der Waals surface area contributed by atoms with Gasteiger partial charge in [0.1, 0.15) is 17.3 Å². The molecule has 1 N–H and O–H groups in total. The summed E-state index contributed by atoms with van der Waals surface area (Å²) in [5.41, 5.74) is -0.911. The molecule has 1 unspecified atom stereocenters. The number of rotatable bonds is 3. The second kappa shape index (κ2) is 5.01. The van der Waals surface area contributed by atoms with Crippen molar-refractivity contribution < 1.29 is 13.2 Å². The third-order valence-corrected chi connectivity index (χ3v) is 3.43. The van der Waals surface area contributed by atoms with Gasteiger partial charge in [-0.15, -0.1) is 10.2 Å². The first-order chi connectivity index (χ1) is 9.95. The molecule has 1 aliphatic rings. The van der Waals surface area contributed by atoms with E-state index in [0.717, 1.165) is 37.1 Å². The van der Waals surface area contributed by atoms with Crippen molar-refractivity contribution in [2.24, 2.45) is 0 Å². The molecule has 0 saturated carbocycles. The fourth-order valence-electron chi connectivity index (χ4n) is 2.45. The molecule has 1 aliphatic heterocycles. The molecular weight excluding hydrogens is 283 g/mol. The average Bonchev–Trinajstić information content (AvgIpc) is 2.99. The molecule has 0 spiro atoms. The highest BCUT2D eigenvalue weighted by atomic mass is 19.4. The van der Waals surface area contributed by atoms with Crippen molar-refractivity contribution in [2.75, 3.05) is 5.32 Å². The molecule has 5 nitrogen and oxygen atoms in total. The van der Waals surface area contributed by atoms with Crippen LogP contribution in [-0.2, 0) is 19.1 Å². The van der Waals surface area contributed by atoms with E-state index in [-0.39, 0.29) is 11.9 Å². The number of anilines is 1. The summed E-state index contributed by atoms with van der Waals surface area (Å²) in [6.45, 7) is 2.68. The van der Waals surface area contributed by atoms with Gasteiger partial charge in [0, 0.05) is 13.0 Å². The fourth-order valence-corrected chi connectivity index (χ4v) is 2.45. The van der Waals surface area contributed by atoms with Gasteiger partial charge in [0.25, 0.3) is 0 Å². The number of nitrogens with zero attached hydrogens (tertiary/aromatic N) is 4. The number of nitrogens with one attached hydrogen (secondary N) is 1. The van der Waals surface area contributed by atoms with E-state index in [1.165, 1.54) is 12.1 Å². The molecule has 3 rings (SSSR count). The number of halogens is 3. The highest BCUT2D eigenvalue weighted by Gasteiger charge is 2.32. The second-order valence-electron chi connectivity index (χ2n) is 5.00. The first-order valence-electron chi connectivity index (χ1n) is 6.68. The quantitative estimate of drug-likeness (QED) is 0.946. The minimum atomic E-state index is -4.45.